The lowest BCUT2D eigenvalue weighted by atomic mass is 9.83. The van der Waals surface area contributed by atoms with Crippen molar-refractivity contribution in [2.45, 2.75) is 12.8 Å². The van der Waals surface area contributed by atoms with E-state index in [-0.39, 0.29) is 11.7 Å². The number of hydrogen-bond donors (Lipinski definition) is 0. The van der Waals surface area contributed by atoms with E-state index in [0.717, 1.165) is 28.5 Å². The second-order valence-electron chi connectivity index (χ2n) is 4.92. The van der Waals surface area contributed by atoms with Crippen LogP contribution in [0.3, 0.4) is 0 Å². The van der Waals surface area contributed by atoms with Crippen LogP contribution in [0.15, 0.2) is 48.5 Å². The van der Waals surface area contributed by atoms with Crippen molar-refractivity contribution in [1.29, 1.82) is 0 Å². The summed E-state index contributed by atoms with van der Waals surface area (Å²) in [5, 5.41) is 0. The molecule has 2 aromatic rings. The van der Waals surface area contributed by atoms with Gasteiger partial charge in [-0.2, -0.15) is 0 Å². The predicted octanol–water partition coefficient (Wildman–Crippen LogP) is 3.20. The summed E-state index contributed by atoms with van der Waals surface area (Å²) in [6.07, 6.45) is 0.784. The summed E-state index contributed by atoms with van der Waals surface area (Å²) in [5.41, 5.74) is 4.43. The standard InChI is InChI=1S/C17H14O2/c1-11(19)16(10-18)17-14-8-4-2-6-12(14)13-7-3-5-9-15(13)17/h2-10,16-17H,1H3. The minimum absolute atomic E-state index is 0.0773. The lowest BCUT2D eigenvalue weighted by Gasteiger charge is -2.18. The molecule has 3 rings (SSSR count). The van der Waals surface area contributed by atoms with E-state index in [0.29, 0.717) is 0 Å². The van der Waals surface area contributed by atoms with E-state index in [4.69, 9.17) is 0 Å². The van der Waals surface area contributed by atoms with Gasteiger partial charge in [-0.05, 0) is 29.2 Å². The number of fused-ring (bicyclic) bond motifs is 3. The van der Waals surface area contributed by atoms with Crippen molar-refractivity contribution in [3.63, 3.8) is 0 Å². The Balaban J connectivity index is 2.25. The van der Waals surface area contributed by atoms with Gasteiger partial charge in [0.15, 0.2) is 0 Å². The third kappa shape index (κ3) is 1.72. The number of carbonyl (C=O) groups excluding carboxylic acids is 2. The number of carbonyl (C=O) groups is 2. The Kier molecular flexibility index (Phi) is 2.79. The van der Waals surface area contributed by atoms with Gasteiger partial charge in [-0.25, -0.2) is 0 Å². The van der Waals surface area contributed by atoms with Crippen LogP contribution in [0.2, 0.25) is 0 Å². The Bertz CT molecular complexity index is 612. The van der Waals surface area contributed by atoms with Crippen LogP contribution in [-0.2, 0) is 9.59 Å². The van der Waals surface area contributed by atoms with Gasteiger partial charge in [-0.3, -0.25) is 4.79 Å². The molecule has 1 aliphatic rings. The predicted molar refractivity (Wildman–Crippen MR) is 74.0 cm³/mol. The van der Waals surface area contributed by atoms with Crippen molar-refractivity contribution in [1.82, 2.24) is 0 Å². The number of aldehydes is 1. The summed E-state index contributed by atoms with van der Waals surface area (Å²) in [6, 6.07) is 16.0. The fourth-order valence-electron chi connectivity index (χ4n) is 2.99. The van der Waals surface area contributed by atoms with E-state index in [9.17, 15) is 9.59 Å². The summed E-state index contributed by atoms with van der Waals surface area (Å²) < 4.78 is 0. The maximum absolute atomic E-state index is 11.8. The Labute approximate surface area is 112 Å². The topological polar surface area (TPSA) is 34.1 Å². The summed E-state index contributed by atoms with van der Waals surface area (Å²) in [7, 11) is 0. The quantitative estimate of drug-likeness (QED) is 0.619. The number of Topliss-reactive ketones (excluding diaryl/α,β-unsaturated/α-hetero) is 1. The second kappa shape index (κ2) is 4.47. The molecule has 1 unspecified atom stereocenters. The van der Waals surface area contributed by atoms with E-state index < -0.39 is 5.92 Å². The molecule has 0 saturated heterocycles. The molecule has 2 aromatic carbocycles. The van der Waals surface area contributed by atoms with Gasteiger partial charge in [0.1, 0.15) is 12.1 Å². The van der Waals surface area contributed by atoms with Crippen LogP contribution in [0.1, 0.15) is 24.0 Å². The number of ketones is 1. The zero-order chi connectivity index (χ0) is 13.4. The summed E-state index contributed by atoms with van der Waals surface area (Å²) in [4.78, 5) is 23.1. The van der Waals surface area contributed by atoms with E-state index in [1.54, 1.807) is 0 Å². The molecule has 0 heterocycles. The molecule has 1 atom stereocenters. The summed E-state index contributed by atoms with van der Waals surface area (Å²) >= 11 is 0. The third-order valence-corrected chi connectivity index (χ3v) is 3.86. The van der Waals surface area contributed by atoms with E-state index in [1.807, 2.05) is 36.4 Å². The normalized spacial score (nSPS) is 14.6. The highest BCUT2D eigenvalue weighted by Crippen LogP contribution is 2.47. The average molecular weight is 250 g/mol. The Morgan fingerprint density at radius 1 is 1.00 bits per heavy atom. The molecule has 1 aliphatic carbocycles. The van der Waals surface area contributed by atoms with Crippen molar-refractivity contribution in [3.05, 3.63) is 59.7 Å². The first-order valence-electron chi connectivity index (χ1n) is 6.38. The lowest BCUT2D eigenvalue weighted by Crippen LogP contribution is -2.21. The van der Waals surface area contributed by atoms with Gasteiger partial charge in [0.05, 0.1) is 5.92 Å². The molecule has 0 N–H and O–H groups in total. The van der Waals surface area contributed by atoms with Crippen LogP contribution in [0.4, 0.5) is 0 Å². The van der Waals surface area contributed by atoms with Gasteiger partial charge < -0.3 is 4.79 Å². The highest BCUT2D eigenvalue weighted by atomic mass is 16.1. The van der Waals surface area contributed by atoms with Crippen LogP contribution < -0.4 is 0 Å². The fourth-order valence-corrected chi connectivity index (χ4v) is 2.99. The van der Waals surface area contributed by atoms with Crippen LogP contribution in [0.5, 0.6) is 0 Å². The van der Waals surface area contributed by atoms with Crippen molar-refractivity contribution < 1.29 is 9.59 Å². The van der Waals surface area contributed by atoms with Crippen molar-refractivity contribution >= 4 is 12.1 Å². The zero-order valence-corrected chi connectivity index (χ0v) is 10.7. The minimum atomic E-state index is -0.593. The van der Waals surface area contributed by atoms with Gasteiger partial charge in [0.25, 0.3) is 0 Å². The minimum Gasteiger partial charge on any atom is -0.303 e. The molecular formula is C17H14O2. The molecule has 0 radical (unpaired) electrons. The first-order chi connectivity index (χ1) is 9.24. The highest BCUT2D eigenvalue weighted by Gasteiger charge is 2.35. The molecule has 0 bridgehead atoms. The van der Waals surface area contributed by atoms with Gasteiger partial charge in [0, 0.05) is 5.92 Å². The van der Waals surface area contributed by atoms with E-state index in [1.165, 1.54) is 6.92 Å². The Hall–Kier alpha value is -2.22. The van der Waals surface area contributed by atoms with Gasteiger partial charge in [0.2, 0.25) is 0 Å². The average Bonchev–Trinajstić information content (AvgIpc) is 2.75. The molecular weight excluding hydrogens is 236 g/mol. The van der Waals surface area contributed by atoms with Gasteiger partial charge in [-0.1, -0.05) is 48.5 Å². The molecule has 0 fully saturated rings. The summed E-state index contributed by atoms with van der Waals surface area (Å²) in [6.45, 7) is 1.49. The molecule has 94 valence electrons. The van der Waals surface area contributed by atoms with Crippen molar-refractivity contribution in [2.24, 2.45) is 5.92 Å². The van der Waals surface area contributed by atoms with E-state index in [2.05, 4.69) is 12.1 Å². The summed E-state index contributed by atoms with van der Waals surface area (Å²) in [5.74, 6) is -0.807. The molecule has 0 aromatic heterocycles. The maximum Gasteiger partial charge on any atom is 0.140 e. The van der Waals surface area contributed by atoms with Crippen molar-refractivity contribution in [2.75, 3.05) is 0 Å². The first-order valence-corrected chi connectivity index (χ1v) is 6.38. The molecule has 2 nitrogen and oxygen atoms in total. The Morgan fingerprint density at radius 2 is 1.47 bits per heavy atom. The molecule has 0 amide bonds. The number of hydrogen-bond acceptors (Lipinski definition) is 2. The maximum atomic E-state index is 11.8. The number of benzene rings is 2. The van der Waals surface area contributed by atoms with Crippen LogP contribution in [0.25, 0.3) is 11.1 Å². The zero-order valence-electron chi connectivity index (χ0n) is 10.7. The number of rotatable bonds is 3. The van der Waals surface area contributed by atoms with Crippen molar-refractivity contribution in [3.8, 4) is 11.1 Å². The van der Waals surface area contributed by atoms with Crippen LogP contribution >= 0.6 is 0 Å². The molecule has 0 spiro atoms. The van der Waals surface area contributed by atoms with Crippen LogP contribution in [-0.4, -0.2) is 12.1 Å². The fraction of sp³-hybridized carbons (Fsp3) is 0.176. The van der Waals surface area contributed by atoms with Gasteiger partial charge in [-0.15, -0.1) is 0 Å². The van der Waals surface area contributed by atoms with Gasteiger partial charge >= 0.3 is 0 Å². The Morgan fingerprint density at radius 3 is 1.89 bits per heavy atom. The van der Waals surface area contributed by atoms with Crippen LogP contribution in [0, 0.1) is 5.92 Å². The smallest absolute Gasteiger partial charge is 0.140 e. The lowest BCUT2D eigenvalue weighted by molar-refractivity contribution is -0.126. The molecule has 0 saturated carbocycles. The second-order valence-corrected chi connectivity index (χ2v) is 4.92. The third-order valence-electron chi connectivity index (χ3n) is 3.86. The monoisotopic (exact) mass is 250 g/mol. The molecule has 2 heteroatoms. The highest BCUT2D eigenvalue weighted by molar-refractivity contribution is 5.95. The SMILES string of the molecule is CC(=O)C(C=O)C1c2ccccc2-c2ccccc21. The largest absolute Gasteiger partial charge is 0.303 e. The molecule has 19 heavy (non-hydrogen) atoms. The molecule has 0 aliphatic heterocycles. The van der Waals surface area contributed by atoms with E-state index >= 15 is 0 Å². The first kappa shape index (κ1) is 11.8.